The molecule has 1 amide bonds. The minimum Gasteiger partial charge on any atom is -0.489 e. The van der Waals surface area contributed by atoms with Gasteiger partial charge in [0.25, 0.3) is 0 Å². The number of carbonyl (C=O) groups excluding carboxylic acids is 2. The van der Waals surface area contributed by atoms with Crippen LogP contribution in [0.2, 0.25) is 0 Å². The number of esters is 1. The highest BCUT2D eigenvalue weighted by Crippen LogP contribution is 2.37. The van der Waals surface area contributed by atoms with Gasteiger partial charge in [-0.1, -0.05) is 36.4 Å². The Kier molecular flexibility index (Phi) is 7.07. The van der Waals surface area contributed by atoms with Crippen LogP contribution in [-0.2, 0) is 20.9 Å². The molecule has 0 radical (unpaired) electrons. The number of halogens is 1. The van der Waals surface area contributed by atoms with E-state index in [0.717, 1.165) is 11.1 Å². The molecular weight excluding hydrogens is 503 g/mol. The lowest BCUT2D eigenvalue weighted by atomic mass is 9.95. The predicted octanol–water partition coefficient (Wildman–Crippen LogP) is 3.43. The quantitative estimate of drug-likeness (QED) is 0.410. The van der Waals surface area contributed by atoms with Crippen molar-refractivity contribution in [2.45, 2.75) is 45.6 Å². The van der Waals surface area contributed by atoms with Crippen molar-refractivity contribution in [3.63, 3.8) is 0 Å². The van der Waals surface area contributed by atoms with Gasteiger partial charge >= 0.3 is 5.97 Å². The number of nitrogens with zero attached hydrogens (tertiary/aromatic N) is 2. The number of aliphatic hydroxyl groups is 1. The molecule has 9 nitrogen and oxygen atoms in total. The first-order chi connectivity index (χ1) is 18.6. The summed E-state index contributed by atoms with van der Waals surface area (Å²) in [5.41, 5.74) is 7.24. The van der Waals surface area contributed by atoms with Crippen LogP contribution in [0.25, 0.3) is 11.8 Å². The molecule has 0 saturated carbocycles. The van der Waals surface area contributed by atoms with Crippen LogP contribution in [0.3, 0.4) is 0 Å². The Hall–Kier alpha value is -4.28. The van der Waals surface area contributed by atoms with Crippen LogP contribution in [0, 0.1) is 5.82 Å². The molecule has 0 aliphatic carbocycles. The molecule has 0 fully saturated rings. The van der Waals surface area contributed by atoms with Crippen LogP contribution in [-0.4, -0.2) is 46.1 Å². The summed E-state index contributed by atoms with van der Waals surface area (Å²) in [7, 11) is 0. The summed E-state index contributed by atoms with van der Waals surface area (Å²) in [6.07, 6.45) is 5.25. The maximum absolute atomic E-state index is 13.9. The molecule has 202 valence electrons. The summed E-state index contributed by atoms with van der Waals surface area (Å²) in [6.45, 7) is 4.86. The molecule has 0 spiro atoms. The van der Waals surface area contributed by atoms with Crippen molar-refractivity contribution in [3.05, 3.63) is 88.5 Å². The topological polar surface area (TPSA) is 112 Å². The lowest BCUT2D eigenvalue weighted by Crippen LogP contribution is -2.46. The van der Waals surface area contributed by atoms with Gasteiger partial charge in [0.1, 0.15) is 30.0 Å². The highest BCUT2D eigenvalue weighted by molar-refractivity contribution is 6.10. The Morgan fingerprint density at radius 3 is 2.87 bits per heavy atom. The van der Waals surface area contributed by atoms with Crippen LogP contribution >= 0.6 is 0 Å². The molecule has 3 aliphatic rings. The second kappa shape index (κ2) is 10.5. The third kappa shape index (κ3) is 5.76. The largest absolute Gasteiger partial charge is 0.489 e. The molecule has 2 bridgehead atoms. The normalized spacial score (nSPS) is 19.9. The van der Waals surface area contributed by atoms with E-state index in [0.29, 0.717) is 34.1 Å². The summed E-state index contributed by atoms with van der Waals surface area (Å²) >= 11 is 0. The number of hydrazine groups is 1. The van der Waals surface area contributed by atoms with Gasteiger partial charge in [0.2, 0.25) is 11.7 Å². The average molecular weight is 533 g/mol. The Balaban J connectivity index is 1.61. The van der Waals surface area contributed by atoms with Gasteiger partial charge in [0.05, 0.1) is 12.1 Å². The van der Waals surface area contributed by atoms with Gasteiger partial charge in [0, 0.05) is 48.9 Å². The molecular formula is C29H29FN4O5. The van der Waals surface area contributed by atoms with Crippen molar-refractivity contribution in [3.8, 4) is 5.75 Å². The van der Waals surface area contributed by atoms with Gasteiger partial charge in [-0.25, -0.2) is 14.8 Å². The summed E-state index contributed by atoms with van der Waals surface area (Å²) in [6, 6.07) is 11.0. The van der Waals surface area contributed by atoms with Gasteiger partial charge in [-0.2, -0.15) is 0 Å². The lowest BCUT2D eigenvalue weighted by molar-refractivity contribution is -0.194. The molecule has 3 aliphatic heterocycles. The van der Waals surface area contributed by atoms with E-state index >= 15 is 0 Å². The van der Waals surface area contributed by atoms with Crippen LogP contribution in [0.4, 0.5) is 4.39 Å². The number of nitrogens with one attached hydrogen (secondary N) is 2. The first-order valence-electron chi connectivity index (χ1n) is 12.5. The van der Waals surface area contributed by atoms with Crippen LogP contribution in [0.5, 0.6) is 5.75 Å². The molecule has 0 aromatic heterocycles. The lowest BCUT2D eigenvalue weighted by Gasteiger charge is -2.32. The molecule has 2 aromatic rings. The van der Waals surface area contributed by atoms with E-state index in [-0.39, 0.29) is 25.5 Å². The molecule has 3 heterocycles. The minimum atomic E-state index is -1.63. The second-order valence-electron chi connectivity index (χ2n) is 9.86. The maximum atomic E-state index is 13.9. The molecule has 1 atom stereocenters. The number of hydrogen-bond acceptors (Lipinski definition) is 8. The van der Waals surface area contributed by atoms with E-state index in [4.69, 9.17) is 9.47 Å². The number of fused-ring (bicyclic) bond motifs is 4. The van der Waals surface area contributed by atoms with Crippen molar-refractivity contribution >= 4 is 29.4 Å². The van der Waals surface area contributed by atoms with E-state index in [9.17, 15) is 19.1 Å². The SMILES string of the molecule is CC1=NC2=CC3NN2C(=C1CC(=O)OC(C)(C)O)c1ccccc1/C=C\COc1cc(F)ccc1CNC3=O. The van der Waals surface area contributed by atoms with Crippen LogP contribution in [0.1, 0.15) is 43.9 Å². The Bertz CT molecular complexity index is 1450. The van der Waals surface area contributed by atoms with Crippen LogP contribution in [0.15, 0.2) is 71.0 Å². The average Bonchev–Trinajstić information content (AvgIpc) is 3.28. The fourth-order valence-corrected chi connectivity index (χ4v) is 4.64. The summed E-state index contributed by atoms with van der Waals surface area (Å²) in [5, 5.41) is 14.6. The fourth-order valence-electron chi connectivity index (χ4n) is 4.64. The number of hydrogen-bond donors (Lipinski definition) is 3. The van der Waals surface area contributed by atoms with Gasteiger partial charge in [-0.3, -0.25) is 14.6 Å². The first kappa shape index (κ1) is 26.3. The minimum absolute atomic E-state index is 0.138. The Morgan fingerprint density at radius 2 is 2.08 bits per heavy atom. The smallest absolute Gasteiger partial charge is 0.312 e. The molecule has 3 N–H and O–H groups in total. The molecule has 5 rings (SSSR count). The van der Waals surface area contributed by atoms with E-state index < -0.39 is 23.6 Å². The van der Waals surface area contributed by atoms with Gasteiger partial charge < -0.3 is 19.9 Å². The number of ether oxygens (including phenoxy) is 2. The van der Waals surface area contributed by atoms with E-state index in [2.05, 4.69) is 15.7 Å². The molecule has 1 unspecified atom stereocenters. The highest BCUT2D eigenvalue weighted by Gasteiger charge is 2.36. The zero-order chi connectivity index (χ0) is 27.7. The number of amides is 1. The molecule has 2 aromatic carbocycles. The zero-order valence-corrected chi connectivity index (χ0v) is 21.8. The fraction of sp³-hybridized carbons (Fsp3) is 0.276. The van der Waals surface area contributed by atoms with Crippen LogP contribution < -0.4 is 15.5 Å². The van der Waals surface area contributed by atoms with Crippen molar-refractivity contribution in [2.24, 2.45) is 4.99 Å². The van der Waals surface area contributed by atoms with E-state index in [1.807, 2.05) is 36.4 Å². The third-order valence-electron chi connectivity index (χ3n) is 6.34. The Morgan fingerprint density at radius 1 is 1.28 bits per heavy atom. The Labute approximate surface area is 225 Å². The number of benzene rings is 2. The maximum Gasteiger partial charge on any atom is 0.312 e. The van der Waals surface area contributed by atoms with Gasteiger partial charge in [0.15, 0.2) is 0 Å². The zero-order valence-electron chi connectivity index (χ0n) is 21.8. The van der Waals surface area contributed by atoms with Crippen molar-refractivity contribution in [1.82, 2.24) is 15.8 Å². The number of carbonyl (C=O) groups is 2. The van der Waals surface area contributed by atoms with Crippen molar-refractivity contribution in [2.75, 3.05) is 6.61 Å². The monoisotopic (exact) mass is 532 g/mol. The molecule has 10 heteroatoms. The molecule has 39 heavy (non-hydrogen) atoms. The van der Waals surface area contributed by atoms with E-state index in [1.165, 1.54) is 26.0 Å². The van der Waals surface area contributed by atoms with Crippen molar-refractivity contribution < 1.29 is 28.6 Å². The number of rotatable bonds is 3. The predicted molar refractivity (Wildman–Crippen MR) is 143 cm³/mol. The molecule has 0 saturated heterocycles. The van der Waals surface area contributed by atoms with Crippen molar-refractivity contribution in [1.29, 1.82) is 0 Å². The summed E-state index contributed by atoms with van der Waals surface area (Å²) in [5.74, 6) is -2.15. The van der Waals surface area contributed by atoms with Gasteiger partial charge in [-0.05, 0) is 30.7 Å². The third-order valence-corrected chi connectivity index (χ3v) is 6.34. The first-order valence-corrected chi connectivity index (χ1v) is 12.5. The highest BCUT2D eigenvalue weighted by atomic mass is 19.1. The summed E-state index contributed by atoms with van der Waals surface area (Å²) in [4.78, 5) is 30.6. The van der Waals surface area contributed by atoms with E-state index in [1.54, 1.807) is 24.1 Å². The standard InChI is InChI=1S/C29H29FN4O5/c1-17-22(14-26(35)39-29(2,3)37)27-21-9-5-4-7-18(21)8-6-12-38-24-13-20(30)11-10-19(24)16-31-28(36)23-15-25(32-17)34(27)33-23/h4-11,13,15,23,33,37H,12,14,16H2,1-3H3,(H,31,36)/b8-6-. The summed E-state index contributed by atoms with van der Waals surface area (Å²) < 4.78 is 25.0. The van der Waals surface area contributed by atoms with Gasteiger partial charge in [-0.15, -0.1) is 0 Å². The second-order valence-corrected chi connectivity index (χ2v) is 9.86. The number of aliphatic imine (C=N–C) groups is 1.